The van der Waals surface area contributed by atoms with Gasteiger partial charge in [-0.3, -0.25) is 4.79 Å². The first kappa shape index (κ1) is 8.28. The lowest BCUT2D eigenvalue weighted by atomic mass is 9.74. The van der Waals surface area contributed by atoms with E-state index in [4.69, 9.17) is 0 Å². The molecule has 0 aromatic heterocycles. The van der Waals surface area contributed by atoms with Gasteiger partial charge in [-0.1, -0.05) is 19.8 Å². The van der Waals surface area contributed by atoms with Gasteiger partial charge in [-0.25, -0.2) is 0 Å². The zero-order chi connectivity index (χ0) is 8.60. The first-order valence-corrected chi connectivity index (χ1v) is 5.27. The van der Waals surface area contributed by atoms with Crippen molar-refractivity contribution in [3.63, 3.8) is 0 Å². The average Bonchev–Trinajstić information content (AvgIpc) is 2.62. The van der Waals surface area contributed by atoms with E-state index in [0.29, 0.717) is 5.78 Å². The highest BCUT2D eigenvalue weighted by molar-refractivity contribution is 5.86. The topological polar surface area (TPSA) is 17.1 Å². The minimum absolute atomic E-state index is 0.0938. The molecule has 2 rings (SSSR count). The second-order valence-corrected chi connectivity index (χ2v) is 4.68. The van der Waals surface area contributed by atoms with E-state index in [9.17, 15) is 4.79 Å². The summed E-state index contributed by atoms with van der Waals surface area (Å²) in [6.45, 7) is 2.21. The van der Waals surface area contributed by atoms with Crippen molar-refractivity contribution < 1.29 is 4.79 Å². The molecule has 0 N–H and O–H groups in total. The molecule has 0 amide bonds. The molecule has 1 unspecified atom stereocenters. The molecule has 1 nitrogen and oxygen atoms in total. The van der Waals surface area contributed by atoms with Crippen LogP contribution in [-0.4, -0.2) is 5.78 Å². The van der Waals surface area contributed by atoms with Crippen LogP contribution in [0, 0.1) is 11.3 Å². The standard InChI is InChI=1S/C11H18O/c1-11(8-4-7-10(11)12)9-5-2-3-6-9/h9H,2-8H2,1H3. The molecule has 0 heterocycles. The Hall–Kier alpha value is -0.330. The van der Waals surface area contributed by atoms with Gasteiger partial charge in [0.1, 0.15) is 5.78 Å². The molecule has 2 aliphatic rings. The fourth-order valence-corrected chi connectivity index (χ4v) is 3.04. The van der Waals surface area contributed by atoms with Crippen LogP contribution in [0.4, 0.5) is 0 Å². The summed E-state index contributed by atoms with van der Waals surface area (Å²) in [5.41, 5.74) is 0.0938. The van der Waals surface area contributed by atoms with Gasteiger partial charge in [-0.15, -0.1) is 0 Å². The molecule has 1 heteroatoms. The first-order chi connectivity index (χ1) is 5.73. The second kappa shape index (κ2) is 2.86. The van der Waals surface area contributed by atoms with Crippen LogP contribution in [-0.2, 0) is 4.79 Å². The van der Waals surface area contributed by atoms with Gasteiger partial charge in [0.05, 0.1) is 0 Å². The molecule has 0 saturated heterocycles. The van der Waals surface area contributed by atoms with Crippen molar-refractivity contribution in [3.05, 3.63) is 0 Å². The van der Waals surface area contributed by atoms with E-state index in [-0.39, 0.29) is 5.41 Å². The SMILES string of the molecule is CC1(C2CCCC2)CCCC1=O. The van der Waals surface area contributed by atoms with E-state index in [1.807, 2.05) is 0 Å². The van der Waals surface area contributed by atoms with E-state index >= 15 is 0 Å². The number of rotatable bonds is 1. The van der Waals surface area contributed by atoms with E-state index in [0.717, 1.165) is 25.2 Å². The van der Waals surface area contributed by atoms with Gasteiger partial charge in [-0.05, 0) is 31.6 Å². The summed E-state index contributed by atoms with van der Waals surface area (Å²) in [7, 11) is 0. The molecule has 2 saturated carbocycles. The summed E-state index contributed by atoms with van der Waals surface area (Å²) in [5, 5.41) is 0. The number of hydrogen-bond acceptors (Lipinski definition) is 1. The minimum Gasteiger partial charge on any atom is -0.299 e. The smallest absolute Gasteiger partial charge is 0.139 e. The summed E-state index contributed by atoms with van der Waals surface area (Å²) in [4.78, 5) is 11.7. The summed E-state index contributed by atoms with van der Waals surface area (Å²) >= 11 is 0. The van der Waals surface area contributed by atoms with Crippen LogP contribution in [0.2, 0.25) is 0 Å². The molecule has 0 bridgehead atoms. The van der Waals surface area contributed by atoms with Crippen LogP contribution in [0.5, 0.6) is 0 Å². The third-order valence-electron chi connectivity index (χ3n) is 3.99. The second-order valence-electron chi connectivity index (χ2n) is 4.68. The van der Waals surface area contributed by atoms with E-state index in [1.165, 1.54) is 25.7 Å². The van der Waals surface area contributed by atoms with Crippen molar-refractivity contribution >= 4 is 5.78 Å². The average molecular weight is 166 g/mol. The molecule has 2 fully saturated rings. The summed E-state index contributed by atoms with van der Waals surface area (Å²) < 4.78 is 0. The summed E-state index contributed by atoms with van der Waals surface area (Å²) in [6, 6.07) is 0. The van der Waals surface area contributed by atoms with Crippen molar-refractivity contribution in [1.82, 2.24) is 0 Å². The highest BCUT2D eigenvalue weighted by Crippen LogP contribution is 2.47. The van der Waals surface area contributed by atoms with E-state index < -0.39 is 0 Å². The van der Waals surface area contributed by atoms with Crippen LogP contribution in [0.3, 0.4) is 0 Å². The molecule has 0 radical (unpaired) electrons. The van der Waals surface area contributed by atoms with Crippen LogP contribution >= 0.6 is 0 Å². The lowest BCUT2D eigenvalue weighted by Gasteiger charge is -2.29. The van der Waals surface area contributed by atoms with Crippen molar-refractivity contribution in [2.75, 3.05) is 0 Å². The predicted octanol–water partition coefficient (Wildman–Crippen LogP) is 2.94. The Kier molecular flexibility index (Phi) is 1.97. The maximum Gasteiger partial charge on any atom is 0.139 e. The molecule has 0 spiro atoms. The third kappa shape index (κ3) is 1.10. The fourth-order valence-electron chi connectivity index (χ4n) is 3.04. The fraction of sp³-hybridized carbons (Fsp3) is 0.909. The van der Waals surface area contributed by atoms with Crippen molar-refractivity contribution in [3.8, 4) is 0 Å². The summed E-state index contributed by atoms with van der Waals surface area (Å²) in [6.07, 6.45) is 8.49. The minimum atomic E-state index is 0.0938. The maximum absolute atomic E-state index is 11.7. The third-order valence-corrected chi connectivity index (χ3v) is 3.99. The van der Waals surface area contributed by atoms with E-state index in [1.54, 1.807) is 0 Å². The Balaban J connectivity index is 2.13. The number of ketones is 1. The Morgan fingerprint density at radius 1 is 1.25 bits per heavy atom. The van der Waals surface area contributed by atoms with Crippen LogP contribution in [0.1, 0.15) is 51.9 Å². The predicted molar refractivity (Wildman–Crippen MR) is 48.9 cm³/mol. The summed E-state index contributed by atoms with van der Waals surface area (Å²) in [5.74, 6) is 1.28. The molecular weight excluding hydrogens is 148 g/mol. The largest absolute Gasteiger partial charge is 0.299 e. The molecule has 0 aromatic rings. The van der Waals surface area contributed by atoms with Gasteiger partial charge in [0, 0.05) is 11.8 Å². The number of carbonyl (C=O) groups is 1. The maximum atomic E-state index is 11.7. The van der Waals surface area contributed by atoms with Crippen LogP contribution in [0.15, 0.2) is 0 Å². The lowest BCUT2D eigenvalue weighted by Crippen LogP contribution is -2.29. The molecule has 0 aliphatic heterocycles. The number of carbonyl (C=O) groups excluding carboxylic acids is 1. The Labute approximate surface area is 74.5 Å². The van der Waals surface area contributed by atoms with Gasteiger partial charge in [0.15, 0.2) is 0 Å². The van der Waals surface area contributed by atoms with Crippen LogP contribution in [0.25, 0.3) is 0 Å². The molecule has 12 heavy (non-hydrogen) atoms. The zero-order valence-corrected chi connectivity index (χ0v) is 7.94. The highest BCUT2D eigenvalue weighted by Gasteiger charge is 2.44. The first-order valence-electron chi connectivity index (χ1n) is 5.27. The zero-order valence-electron chi connectivity index (χ0n) is 7.94. The van der Waals surface area contributed by atoms with Gasteiger partial charge >= 0.3 is 0 Å². The normalized spacial score (nSPS) is 37.9. The van der Waals surface area contributed by atoms with Crippen molar-refractivity contribution in [1.29, 1.82) is 0 Å². The number of Topliss-reactive ketones (excluding diaryl/α,β-unsaturated/α-hetero) is 1. The molecule has 2 aliphatic carbocycles. The monoisotopic (exact) mass is 166 g/mol. The molecular formula is C11H18O. The Morgan fingerprint density at radius 3 is 2.42 bits per heavy atom. The van der Waals surface area contributed by atoms with Crippen LogP contribution < -0.4 is 0 Å². The quantitative estimate of drug-likeness (QED) is 0.585. The van der Waals surface area contributed by atoms with Gasteiger partial charge in [0.2, 0.25) is 0 Å². The van der Waals surface area contributed by atoms with Gasteiger partial charge in [0.25, 0.3) is 0 Å². The number of hydrogen-bond donors (Lipinski definition) is 0. The lowest BCUT2D eigenvalue weighted by molar-refractivity contribution is -0.127. The van der Waals surface area contributed by atoms with Crippen molar-refractivity contribution in [2.45, 2.75) is 51.9 Å². The Morgan fingerprint density at radius 2 is 1.92 bits per heavy atom. The molecule has 0 aromatic carbocycles. The van der Waals surface area contributed by atoms with Gasteiger partial charge < -0.3 is 0 Å². The van der Waals surface area contributed by atoms with E-state index in [2.05, 4.69) is 6.92 Å². The highest BCUT2D eigenvalue weighted by atomic mass is 16.1. The van der Waals surface area contributed by atoms with Crippen molar-refractivity contribution in [2.24, 2.45) is 11.3 Å². The molecule has 1 atom stereocenters. The Bertz CT molecular complexity index is 191. The molecule has 68 valence electrons. The van der Waals surface area contributed by atoms with Gasteiger partial charge in [-0.2, -0.15) is 0 Å².